The lowest BCUT2D eigenvalue weighted by Crippen LogP contribution is -2.60. The molecular formula is C36H42N2O4. The molecule has 6 nitrogen and oxygen atoms in total. The molecule has 3 saturated carbocycles. The van der Waals surface area contributed by atoms with Gasteiger partial charge < -0.3 is 20.8 Å². The van der Waals surface area contributed by atoms with Crippen molar-refractivity contribution < 1.29 is 19.8 Å². The summed E-state index contributed by atoms with van der Waals surface area (Å²) in [6.45, 7) is 5.30. The van der Waals surface area contributed by atoms with Gasteiger partial charge in [-0.2, -0.15) is 0 Å². The van der Waals surface area contributed by atoms with Crippen molar-refractivity contribution in [3.05, 3.63) is 83.5 Å². The molecule has 0 aromatic heterocycles. The van der Waals surface area contributed by atoms with Gasteiger partial charge in [-0.3, -0.25) is 9.59 Å². The summed E-state index contributed by atoms with van der Waals surface area (Å²) in [4.78, 5) is 28.4. The molecule has 0 amide bonds. The molecule has 0 unspecified atom stereocenters. The van der Waals surface area contributed by atoms with Crippen LogP contribution in [0.3, 0.4) is 0 Å². The smallest absolute Gasteiger partial charge is 0.178 e. The molecule has 1 aliphatic heterocycles. The highest BCUT2D eigenvalue weighted by atomic mass is 16.3. The first-order valence-corrected chi connectivity index (χ1v) is 15.5. The minimum Gasteiger partial charge on any atom is -0.399 e. The van der Waals surface area contributed by atoms with E-state index in [4.69, 9.17) is 5.73 Å². The summed E-state index contributed by atoms with van der Waals surface area (Å²) < 4.78 is 0. The number of ketones is 2. The second-order valence-corrected chi connectivity index (χ2v) is 14.2. The Hall–Kier alpha value is -3.22. The molecule has 0 bridgehead atoms. The number of Topliss-reactive ketones (excluding diaryl/α,β-unsaturated/α-hetero) is 1. The van der Waals surface area contributed by atoms with Crippen LogP contribution in [0.2, 0.25) is 0 Å². The number of aliphatic hydroxyl groups is 2. The summed E-state index contributed by atoms with van der Waals surface area (Å²) in [5.41, 5.74) is 9.91. The maximum Gasteiger partial charge on any atom is 0.178 e. The molecule has 0 radical (unpaired) electrons. The second kappa shape index (κ2) is 9.65. The van der Waals surface area contributed by atoms with Gasteiger partial charge in [0.2, 0.25) is 0 Å². The molecule has 2 aromatic carbocycles. The van der Waals surface area contributed by atoms with E-state index in [0.29, 0.717) is 18.9 Å². The molecule has 42 heavy (non-hydrogen) atoms. The normalized spacial score (nSPS) is 38.4. The van der Waals surface area contributed by atoms with E-state index >= 15 is 0 Å². The zero-order chi connectivity index (χ0) is 29.4. The number of nitrogens with zero attached hydrogens (tertiary/aromatic N) is 1. The average Bonchev–Trinajstić information content (AvgIpc) is 3.46. The van der Waals surface area contributed by atoms with Gasteiger partial charge in [0.15, 0.2) is 11.6 Å². The van der Waals surface area contributed by atoms with Gasteiger partial charge in [-0.25, -0.2) is 0 Å². The molecule has 4 N–H and O–H groups in total. The first-order chi connectivity index (χ1) is 20.1. The number of rotatable bonds is 5. The number of benzene rings is 2. The van der Waals surface area contributed by atoms with E-state index in [2.05, 4.69) is 49.1 Å². The fraction of sp³-hybridized carbons (Fsp3) is 0.500. The van der Waals surface area contributed by atoms with E-state index in [1.807, 2.05) is 24.3 Å². The third-order valence-electron chi connectivity index (χ3n) is 12.3. The number of nitrogen functional groups attached to an aromatic ring is 1. The highest BCUT2D eigenvalue weighted by Crippen LogP contribution is 2.72. The molecule has 4 fully saturated rings. The topological polar surface area (TPSA) is 104 Å². The van der Waals surface area contributed by atoms with Crippen LogP contribution in [0.4, 0.5) is 11.4 Å². The number of nitrogens with two attached hydrogens (primary N) is 1. The maximum atomic E-state index is 13.9. The Morgan fingerprint density at radius 3 is 2.64 bits per heavy atom. The number of allylic oxidation sites excluding steroid dienone is 4. The van der Waals surface area contributed by atoms with Crippen molar-refractivity contribution >= 4 is 22.9 Å². The first kappa shape index (κ1) is 27.6. The molecule has 4 aliphatic carbocycles. The fourth-order valence-electron chi connectivity index (χ4n) is 10.5. The highest BCUT2D eigenvalue weighted by molar-refractivity contribution is 6.01. The van der Waals surface area contributed by atoms with E-state index in [0.717, 1.165) is 49.2 Å². The van der Waals surface area contributed by atoms with Crippen molar-refractivity contribution in [2.75, 3.05) is 30.3 Å². The summed E-state index contributed by atoms with van der Waals surface area (Å²) in [5.74, 6) is 0.680. The van der Waals surface area contributed by atoms with E-state index in [9.17, 15) is 19.8 Å². The summed E-state index contributed by atoms with van der Waals surface area (Å²) in [7, 11) is 0. The predicted octanol–water partition coefficient (Wildman–Crippen LogP) is 4.73. The number of carbonyl (C=O) groups is 2. The van der Waals surface area contributed by atoms with Gasteiger partial charge in [0, 0.05) is 35.8 Å². The van der Waals surface area contributed by atoms with Crippen molar-refractivity contribution in [2.24, 2.45) is 39.9 Å². The number of aliphatic hydroxyl groups excluding tert-OH is 2. The van der Waals surface area contributed by atoms with Gasteiger partial charge in [-0.1, -0.05) is 49.8 Å². The standard InChI is InChI=1S/C36H42N2O4/c1-34-13-12-28(40)16-24(34)8-11-29-30-17-25-19-38(21-36(25,32(42)20-39)35(30,2)18-31(41)33(29)34)27-9-6-22(7-10-27)14-23-4-3-5-26(37)15-23/h3-7,9-10,12-13,15-16,25,29-31,33,39,41H,8,11,14,17-21,37H2,1-2H3/t25-,29-,30-,31-,33+,34-,35-,36+/m0/s1. The van der Waals surface area contributed by atoms with Gasteiger partial charge in [0.1, 0.15) is 6.61 Å². The van der Waals surface area contributed by atoms with E-state index in [-0.39, 0.29) is 34.7 Å². The zero-order valence-corrected chi connectivity index (χ0v) is 24.6. The van der Waals surface area contributed by atoms with Crippen LogP contribution in [0.1, 0.15) is 50.7 Å². The Bertz CT molecular complexity index is 1500. The molecule has 1 heterocycles. The van der Waals surface area contributed by atoms with Crippen LogP contribution in [0, 0.1) is 39.9 Å². The van der Waals surface area contributed by atoms with Crippen LogP contribution in [0.25, 0.3) is 0 Å². The van der Waals surface area contributed by atoms with Gasteiger partial charge in [0.25, 0.3) is 0 Å². The highest BCUT2D eigenvalue weighted by Gasteiger charge is 2.73. The third-order valence-corrected chi connectivity index (χ3v) is 12.3. The summed E-state index contributed by atoms with van der Waals surface area (Å²) >= 11 is 0. The van der Waals surface area contributed by atoms with Crippen molar-refractivity contribution in [3.63, 3.8) is 0 Å². The van der Waals surface area contributed by atoms with E-state index in [1.54, 1.807) is 12.2 Å². The molecule has 220 valence electrons. The van der Waals surface area contributed by atoms with Crippen molar-refractivity contribution in [3.8, 4) is 0 Å². The molecule has 6 heteroatoms. The van der Waals surface area contributed by atoms with Crippen LogP contribution < -0.4 is 10.6 Å². The SMILES string of the molecule is C[C@]12C=CC(=O)C=C1CC[C@@H]1[C@@H]2[C@@H](O)C[C@@]2(C)[C@H]1C[C@H]1CN(c3ccc(Cc4cccc(N)c4)cc3)C[C@]12C(=O)CO. The Balaban J connectivity index is 1.18. The number of hydrogen-bond donors (Lipinski definition) is 3. The Labute approximate surface area is 248 Å². The third kappa shape index (κ3) is 3.84. The largest absolute Gasteiger partial charge is 0.399 e. The number of carbonyl (C=O) groups excluding carboxylic acids is 2. The predicted molar refractivity (Wildman–Crippen MR) is 164 cm³/mol. The lowest BCUT2D eigenvalue weighted by Gasteiger charge is -2.60. The monoisotopic (exact) mass is 566 g/mol. The first-order valence-electron chi connectivity index (χ1n) is 15.5. The lowest BCUT2D eigenvalue weighted by molar-refractivity contribution is -0.157. The number of fused-ring (bicyclic) bond motifs is 7. The summed E-state index contributed by atoms with van der Waals surface area (Å²) in [6, 6.07) is 16.6. The van der Waals surface area contributed by atoms with Gasteiger partial charge in [-0.15, -0.1) is 0 Å². The lowest BCUT2D eigenvalue weighted by atomic mass is 9.44. The Morgan fingerprint density at radius 2 is 1.90 bits per heavy atom. The van der Waals surface area contributed by atoms with Gasteiger partial charge in [0.05, 0.1) is 11.5 Å². The second-order valence-electron chi connectivity index (χ2n) is 14.2. The molecule has 0 spiro atoms. The van der Waals surface area contributed by atoms with Crippen LogP contribution in [0.5, 0.6) is 0 Å². The van der Waals surface area contributed by atoms with Crippen molar-refractivity contribution in [1.29, 1.82) is 0 Å². The van der Waals surface area contributed by atoms with Crippen LogP contribution >= 0.6 is 0 Å². The minimum absolute atomic E-state index is 0.0312. The average molecular weight is 567 g/mol. The Morgan fingerprint density at radius 1 is 1.12 bits per heavy atom. The van der Waals surface area contributed by atoms with Gasteiger partial charge in [-0.05, 0) is 103 Å². The molecule has 1 saturated heterocycles. The van der Waals surface area contributed by atoms with Crippen LogP contribution in [0.15, 0.2) is 72.3 Å². The molecule has 7 rings (SSSR count). The van der Waals surface area contributed by atoms with E-state index < -0.39 is 23.5 Å². The number of hydrogen-bond acceptors (Lipinski definition) is 6. The zero-order valence-electron chi connectivity index (χ0n) is 24.6. The molecule has 2 aromatic rings. The fourth-order valence-corrected chi connectivity index (χ4v) is 10.5. The van der Waals surface area contributed by atoms with Crippen molar-refractivity contribution in [1.82, 2.24) is 0 Å². The molecule has 5 aliphatic rings. The Kier molecular flexibility index (Phi) is 6.34. The summed E-state index contributed by atoms with van der Waals surface area (Å²) in [6.07, 6.45) is 8.98. The summed E-state index contributed by atoms with van der Waals surface area (Å²) in [5, 5.41) is 22.2. The van der Waals surface area contributed by atoms with E-state index in [1.165, 1.54) is 11.1 Å². The maximum absolute atomic E-state index is 13.9. The molecule has 8 atom stereocenters. The molecular weight excluding hydrogens is 524 g/mol. The number of anilines is 2. The van der Waals surface area contributed by atoms with Crippen LogP contribution in [-0.4, -0.2) is 47.6 Å². The van der Waals surface area contributed by atoms with Crippen LogP contribution in [-0.2, 0) is 16.0 Å². The quantitative estimate of drug-likeness (QED) is 0.452. The van der Waals surface area contributed by atoms with Crippen molar-refractivity contribution in [2.45, 2.75) is 52.1 Å². The van der Waals surface area contributed by atoms with Gasteiger partial charge >= 0.3 is 0 Å². The minimum atomic E-state index is -0.700.